The molecule has 8 heteroatoms. The molecule has 1 saturated heterocycles. The molecule has 2 fully saturated rings. The van der Waals surface area contributed by atoms with Crippen LogP contribution < -0.4 is 5.32 Å². The van der Waals surface area contributed by atoms with Gasteiger partial charge in [-0.15, -0.1) is 0 Å². The molecule has 0 aromatic rings. The maximum absolute atomic E-state index is 11.3. The summed E-state index contributed by atoms with van der Waals surface area (Å²) in [4.78, 5) is 22.2. The van der Waals surface area contributed by atoms with Crippen LogP contribution in [0.25, 0.3) is 0 Å². The number of aliphatic hydroxyl groups excluding tert-OH is 1. The Morgan fingerprint density at radius 2 is 2.00 bits per heavy atom. The third kappa shape index (κ3) is 4.27. The van der Waals surface area contributed by atoms with Gasteiger partial charge in [-0.25, -0.2) is 0 Å². The van der Waals surface area contributed by atoms with Gasteiger partial charge in [0.15, 0.2) is 12.1 Å². The summed E-state index contributed by atoms with van der Waals surface area (Å²) in [6.45, 7) is 3.15. The Kier molecular flexibility index (Phi) is 5.74. The number of hydrogen-bond acceptors (Lipinski definition) is 7. The Morgan fingerprint density at radius 3 is 2.57 bits per heavy atom. The Labute approximate surface area is 134 Å². The number of nitrogens with one attached hydrogen (secondary N) is 1. The van der Waals surface area contributed by atoms with Crippen molar-refractivity contribution < 1.29 is 34.4 Å². The number of carbonyl (C=O) groups excluding carboxylic acids is 2. The molecule has 1 aliphatic heterocycles. The second-order valence-electron chi connectivity index (χ2n) is 6.40. The number of rotatable bonds is 7. The van der Waals surface area contributed by atoms with Crippen LogP contribution in [-0.2, 0) is 19.1 Å². The lowest BCUT2D eigenvalue weighted by Crippen LogP contribution is -2.73. The van der Waals surface area contributed by atoms with Gasteiger partial charge in [0.2, 0.25) is 5.91 Å². The van der Waals surface area contributed by atoms with Crippen LogP contribution in [0, 0.1) is 5.92 Å². The molecule has 1 heterocycles. The number of Topliss-reactive ketones (excluding diaryl/α,β-unsaturated/α-hetero) is 1. The van der Waals surface area contributed by atoms with E-state index in [1.807, 2.05) is 0 Å². The van der Waals surface area contributed by atoms with Crippen molar-refractivity contribution in [1.29, 1.82) is 0 Å². The molecule has 1 aliphatic carbocycles. The van der Waals surface area contributed by atoms with E-state index >= 15 is 0 Å². The van der Waals surface area contributed by atoms with Crippen LogP contribution >= 0.6 is 0 Å². The highest BCUT2D eigenvalue weighted by molar-refractivity contribution is 5.75. The largest absolute Gasteiger partial charge is 0.390 e. The zero-order valence-electron chi connectivity index (χ0n) is 13.4. The quantitative estimate of drug-likeness (QED) is 0.350. The highest BCUT2D eigenvalue weighted by atomic mass is 16.7. The zero-order valence-corrected chi connectivity index (χ0v) is 13.4. The molecular formula is C15H25NO7. The molecule has 0 aromatic heterocycles. The molecule has 2 rings (SSSR count). The minimum Gasteiger partial charge on any atom is -0.390 e. The van der Waals surface area contributed by atoms with E-state index in [1.54, 1.807) is 0 Å². The SMILES string of the molecule is CC(=O)CCCCO[C@@H]1OC2CC(O)(O)[C@@H]2C(O)C1NC(C)=O. The zero-order chi connectivity index (χ0) is 17.2. The first-order valence-corrected chi connectivity index (χ1v) is 7.89. The summed E-state index contributed by atoms with van der Waals surface area (Å²) in [5.74, 6) is -3.13. The molecule has 132 valence electrons. The first-order chi connectivity index (χ1) is 10.7. The van der Waals surface area contributed by atoms with Gasteiger partial charge in [0.25, 0.3) is 0 Å². The summed E-state index contributed by atoms with van der Waals surface area (Å²) in [6, 6.07) is -0.875. The molecular weight excluding hydrogens is 306 g/mol. The van der Waals surface area contributed by atoms with Gasteiger partial charge in [0.1, 0.15) is 11.8 Å². The number of amides is 1. The Morgan fingerprint density at radius 1 is 1.30 bits per heavy atom. The van der Waals surface area contributed by atoms with Crippen LogP contribution in [0.3, 0.4) is 0 Å². The fourth-order valence-electron chi connectivity index (χ4n) is 3.17. The number of fused-ring (bicyclic) bond motifs is 1. The summed E-state index contributed by atoms with van der Waals surface area (Å²) < 4.78 is 11.2. The van der Waals surface area contributed by atoms with Crippen molar-refractivity contribution >= 4 is 11.7 Å². The molecule has 5 atom stereocenters. The molecule has 0 spiro atoms. The van der Waals surface area contributed by atoms with Crippen molar-refractivity contribution in [2.24, 2.45) is 5.92 Å². The molecule has 0 bridgehead atoms. The van der Waals surface area contributed by atoms with Crippen LogP contribution in [0.4, 0.5) is 0 Å². The van der Waals surface area contributed by atoms with Crippen LogP contribution in [0.1, 0.15) is 39.5 Å². The molecule has 1 amide bonds. The summed E-state index contributed by atoms with van der Waals surface area (Å²) in [7, 11) is 0. The van der Waals surface area contributed by atoms with E-state index in [1.165, 1.54) is 13.8 Å². The molecule has 4 N–H and O–H groups in total. The van der Waals surface area contributed by atoms with E-state index in [2.05, 4.69) is 5.32 Å². The number of ether oxygens (including phenoxy) is 2. The highest BCUT2D eigenvalue weighted by Gasteiger charge is 2.62. The first kappa shape index (κ1) is 18.3. The number of carbonyl (C=O) groups is 2. The Balaban J connectivity index is 1.91. The van der Waals surface area contributed by atoms with Gasteiger partial charge < -0.3 is 34.9 Å². The van der Waals surface area contributed by atoms with Gasteiger partial charge in [-0.3, -0.25) is 4.79 Å². The van der Waals surface area contributed by atoms with Crippen molar-refractivity contribution in [1.82, 2.24) is 5.32 Å². The van der Waals surface area contributed by atoms with Crippen LogP contribution in [0.2, 0.25) is 0 Å². The van der Waals surface area contributed by atoms with Crippen molar-refractivity contribution in [3.8, 4) is 0 Å². The van der Waals surface area contributed by atoms with E-state index in [-0.39, 0.29) is 18.1 Å². The summed E-state index contributed by atoms with van der Waals surface area (Å²) in [6.07, 6.45) is -0.738. The lowest BCUT2D eigenvalue weighted by molar-refractivity contribution is -0.378. The van der Waals surface area contributed by atoms with Gasteiger partial charge in [-0.1, -0.05) is 0 Å². The lowest BCUT2D eigenvalue weighted by atomic mass is 9.68. The summed E-state index contributed by atoms with van der Waals surface area (Å²) in [5.41, 5.74) is 0. The van der Waals surface area contributed by atoms with E-state index in [0.29, 0.717) is 25.9 Å². The molecule has 1 saturated carbocycles. The average Bonchev–Trinajstić information content (AvgIpc) is 2.40. The van der Waals surface area contributed by atoms with Crippen LogP contribution in [-0.4, -0.2) is 63.9 Å². The second kappa shape index (κ2) is 7.23. The number of unbranched alkanes of at least 4 members (excludes halogenated alkanes) is 1. The van der Waals surface area contributed by atoms with Crippen molar-refractivity contribution in [3.05, 3.63) is 0 Å². The Hall–Kier alpha value is -1.06. The van der Waals surface area contributed by atoms with Gasteiger partial charge >= 0.3 is 0 Å². The van der Waals surface area contributed by atoms with Gasteiger partial charge in [0.05, 0.1) is 18.1 Å². The molecule has 0 aromatic carbocycles. The molecule has 3 unspecified atom stereocenters. The third-order valence-corrected chi connectivity index (χ3v) is 4.35. The number of hydrogen-bond donors (Lipinski definition) is 4. The predicted molar refractivity (Wildman–Crippen MR) is 78.0 cm³/mol. The minimum atomic E-state index is -1.99. The molecule has 0 radical (unpaired) electrons. The second-order valence-corrected chi connectivity index (χ2v) is 6.40. The maximum atomic E-state index is 11.3. The average molecular weight is 331 g/mol. The topological polar surface area (TPSA) is 125 Å². The van der Waals surface area contributed by atoms with Crippen molar-refractivity contribution in [2.45, 2.75) is 69.9 Å². The van der Waals surface area contributed by atoms with E-state index in [9.17, 15) is 24.9 Å². The predicted octanol–water partition coefficient (Wildman–Crippen LogP) is -0.946. The van der Waals surface area contributed by atoms with Gasteiger partial charge in [-0.05, 0) is 19.8 Å². The molecule has 2 aliphatic rings. The van der Waals surface area contributed by atoms with Crippen molar-refractivity contribution in [3.63, 3.8) is 0 Å². The fraction of sp³-hybridized carbons (Fsp3) is 0.867. The van der Waals surface area contributed by atoms with Crippen LogP contribution in [0.5, 0.6) is 0 Å². The smallest absolute Gasteiger partial charge is 0.217 e. The lowest BCUT2D eigenvalue weighted by Gasteiger charge is -2.56. The molecule has 8 nitrogen and oxygen atoms in total. The van der Waals surface area contributed by atoms with Crippen LogP contribution in [0.15, 0.2) is 0 Å². The monoisotopic (exact) mass is 331 g/mol. The summed E-state index contributed by atoms with van der Waals surface area (Å²) >= 11 is 0. The minimum absolute atomic E-state index is 0.00822. The number of ketones is 1. The van der Waals surface area contributed by atoms with Gasteiger partial charge in [0, 0.05) is 26.4 Å². The van der Waals surface area contributed by atoms with E-state index < -0.39 is 36.2 Å². The Bertz CT molecular complexity index is 453. The van der Waals surface area contributed by atoms with Gasteiger partial charge in [-0.2, -0.15) is 0 Å². The third-order valence-electron chi connectivity index (χ3n) is 4.35. The fourth-order valence-corrected chi connectivity index (χ4v) is 3.17. The first-order valence-electron chi connectivity index (χ1n) is 7.89. The number of aliphatic hydroxyl groups is 3. The summed E-state index contributed by atoms with van der Waals surface area (Å²) in [5, 5.41) is 32.4. The molecule has 23 heavy (non-hydrogen) atoms. The standard InChI is InChI=1S/C15H25NO7/c1-8(17)5-3-4-6-22-14-12(16-9(2)18)13(19)11-10(23-14)7-15(11,20)21/h10-14,19-21H,3-7H2,1-2H3,(H,16,18)/t10?,11-,12?,13?,14+/m0/s1. The van der Waals surface area contributed by atoms with E-state index in [4.69, 9.17) is 9.47 Å². The highest BCUT2D eigenvalue weighted by Crippen LogP contribution is 2.46. The normalized spacial score (nSPS) is 35.1. The van der Waals surface area contributed by atoms with E-state index in [0.717, 1.165) is 0 Å². The maximum Gasteiger partial charge on any atom is 0.217 e. The van der Waals surface area contributed by atoms with Crippen molar-refractivity contribution in [2.75, 3.05) is 6.61 Å².